The number of urea groups is 1. The molecule has 0 saturated carbocycles. The van der Waals surface area contributed by atoms with E-state index in [2.05, 4.69) is 22.1 Å². The molecule has 1 atom stereocenters. The molecule has 1 aliphatic rings. The number of benzene rings is 1. The van der Waals surface area contributed by atoms with Gasteiger partial charge in [0.05, 0.1) is 12.2 Å². The molecule has 1 unspecified atom stereocenters. The van der Waals surface area contributed by atoms with Crippen LogP contribution < -0.4 is 5.32 Å². The molecule has 1 aliphatic heterocycles. The molecule has 1 N–H and O–H groups in total. The molecule has 158 valence electrons. The number of fused-ring (bicyclic) bond motifs is 1. The summed E-state index contributed by atoms with van der Waals surface area (Å²) < 4.78 is 15.8. The zero-order chi connectivity index (χ0) is 21.1. The van der Waals surface area contributed by atoms with Gasteiger partial charge in [0, 0.05) is 38.4 Å². The fourth-order valence-corrected chi connectivity index (χ4v) is 3.67. The van der Waals surface area contributed by atoms with Gasteiger partial charge in [-0.2, -0.15) is 0 Å². The lowest BCUT2D eigenvalue weighted by atomic mass is 10.2. The summed E-state index contributed by atoms with van der Waals surface area (Å²) in [5.74, 6) is 0.518. The van der Waals surface area contributed by atoms with E-state index in [4.69, 9.17) is 4.98 Å². The Labute approximate surface area is 175 Å². The highest BCUT2D eigenvalue weighted by Gasteiger charge is 2.24. The smallest absolute Gasteiger partial charge is 0.317 e. The molecule has 8 heteroatoms. The number of carbonyl (C=O) groups is 1. The van der Waals surface area contributed by atoms with Crippen molar-refractivity contribution in [3.8, 4) is 5.69 Å². The van der Waals surface area contributed by atoms with Crippen molar-refractivity contribution in [2.45, 2.75) is 32.9 Å². The van der Waals surface area contributed by atoms with Crippen LogP contribution in [0.2, 0.25) is 0 Å². The van der Waals surface area contributed by atoms with Crippen LogP contribution in [0.25, 0.3) is 16.9 Å². The van der Waals surface area contributed by atoms with Gasteiger partial charge in [-0.3, -0.25) is 9.47 Å². The predicted molar refractivity (Wildman–Crippen MR) is 114 cm³/mol. The summed E-state index contributed by atoms with van der Waals surface area (Å²) in [7, 11) is 0. The molecule has 3 aromatic rings. The minimum Gasteiger partial charge on any atom is -0.336 e. The Bertz CT molecular complexity index is 1030. The summed E-state index contributed by atoms with van der Waals surface area (Å²) >= 11 is 0. The summed E-state index contributed by atoms with van der Waals surface area (Å²) in [6, 6.07) is 10.4. The van der Waals surface area contributed by atoms with Gasteiger partial charge in [0.15, 0.2) is 5.65 Å². The molecular weight excluding hydrogens is 383 g/mol. The van der Waals surface area contributed by atoms with E-state index in [-0.39, 0.29) is 17.9 Å². The van der Waals surface area contributed by atoms with Gasteiger partial charge in [-0.15, -0.1) is 0 Å². The van der Waals surface area contributed by atoms with E-state index in [1.54, 1.807) is 12.3 Å². The van der Waals surface area contributed by atoms with Crippen molar-refractivity contribution in [2.75, 3.05) is 26.2 Å². The van der Waals surface area contributed by atoms with Crippen molar-refractivity contribution in [1.29, 1.82) is 0 Å². The third kappa shape index (κ3) is 4.28. The molecule has 7 nitrogen and oxygen atoms in total. The molecule has 1 fully saturated rings. The van der Waals surface area contributed by atoms with E-state index in [9.17, 15) is 9.18 Å². The van der Waals surface area contributed by atoms with Gasteiger partial charge in [0.2, 0.25) is 0 Å². The fraction of sp³-hybridized carbons (Fsp3) is 0.409. The number of nitrogens with zero attached hydrogens (tertiary/aromatic N) is 5. The van der Waals surface area contributed by atoms with Gasteiger partial charge < -0.3 is 10.2 Å². The number of hydrogen-bond donors (Lipinski definition) is 1. The van der Waals surface area contributed by atoms with Crippen LogP contribution in [-0.4, -0.2) is 62.6 Å². The molecule has 0 bridgehead atoms. The van der Waals surface area contributed by atoms with Gasteiger partial charge in [-0.1, -0.05) is 13.0 Å². The number of halogens is 1. The zero-order valence-corrected chi connectivity index (χ0v) is 17.4. The van der Waals surface area contributed by atoms with Crippen LogP contribution in [0.4, 0.5) is 9.18 Å². The Kier molecular flexibility index (Phi) is 5.94. The number of piperazine rings is 1. The molecule has 2 aromatic heterocycles. The first-order valence-corrected chi connectivity index (χ1v) is 10.4. The van der Waals surface area contributed by atoms with Gasteiger partial charge in [0.25, 0.3) is 0 Å². The molecule has 4 rings (SSSR count). The van der Waals surface area contributed by atoms with Gasteiger partial charge in [0.1, 0.15) is 17.2 Å². The lowest BCUT2D eigenvalue weighted by Gasteiger charge is -2.35. The van der Waals surface area contributed by atoms with E-state index >= 15 is 0 Å². The molecular formula is C22H27FN6O. The quantitative estimate of drug-likeness (QED) is 0.702. The number of amides is 2. The molecule has 2 amide bonds. The number of pyridine rings is 1. The van der Waals surface area contributed by atoms with Crippen LogP contribution in [0, 0.1) is 5.82 Å². The van der Waals surface area contributed by atoms with Crippen LogP contribution in [0.1, 0.15) is 26.1 Å². The van der Waals surface area contributed by atoms with Crippen molar-refractivity contribution >= 4 is 17.2 Å². The number of carbonyl (C=O) groups excluding carboxylic acids is 1. The Hall–Kier alpha value is -3.00. The Morgan fingerprint density at radius 2 is 2.00 bits per heavy atom. The van der Waals surface area contributed by atoms with Crippen molar-refractivity contribution in [1.82, 2.24) is 29.7 Å². The van der Waals surface area contributed by atoms with Crippen molar-refractivity contribution < 1.29 is 9.18 Å². The maximum atomic E-state index is 13.9. The van der Waals surface area contributed by atoms with E-state index < -0.39 is 0 Å². The first kappa shape index (κ1) is 20.3. The second-order valence-electron chi connectivity index (χ2n) is 7.71. The summed E-state index contributed by atoms with van der Waals surface area (Å²) in [6.45, 7) is 7.53. The molecule has 1 saturated heterocycles. The van der Waals surface area contributed by atoms with E-state index in [1.165, 1.54) is 12.1 Å². The summed E-state index contributed by atoms with van der Waals surface area (Å²) in [6.07, 6.45) is 2.63. The first-order valence-electron chi connectivity index (χ1n) is 10.4. The fourth-order valence-electron chi connectivity index (χ4n) is 3.67. The number of aromatic nitrogens is 3. The molecule has 30 heavy (non-hydrogen) atoms. The van der Waals surface area contributed by atoms with Crippen molar-refractivity contribution in [3.63, 3.8) is 0 Å². The molecule has 0 spiro atoms. The van der Waals surface area contributed by atoms with Crippen molar-refractivity contribution in [3.05, 3.63) is 54.2 Å². The second-order valence-corrected chi connectivity index (χ2v) is 7.71. The number of hydrogen-bond acceptors (Lipinski definition) is 4. The normalized spacial score (nSPS) is 16.0. The lowest BCUT2D eigenvalue weighted by Crippen LogP contribution is -2.52. The van der Waals surface area contributed by atoms with Gasteiger partial charge in [-0.05, 0) is 43.7 Å². The zero-order valence-electron chi connectivity index (χ0n) is 17.4. The molecule has 0 radical (unpaired) electrons. The molecule has 1 aromatic carbocycles. The summed E-state index contributed by atoms with van der Waals surface area (Å²) in [4.78, 5) is 25.7. The average Bonchev–Trinajstić information content (AvgIpc) is 3.11. The predicted octanol–water partition coefficient (Wildman–Crippen LogP) is 3.19. The topological polar surface area (TPSA) is 66.3 Å². The first-order chi connectivity index (χ1) is 14.5. The van der Waals surface area contributed by atoms with Crippen LogP contribution in [0.3, 0.4) is 0 Å². The van der Waals surface area contributed by atoms with Gasteiger partial charge in [-0.25, -0.2) is 19.2 Å². The summed E-state index contributed by atoms with van der Waals surface area (Å²) in [5.41, 5.74) is 2.20. The third-order valence-corrected chi connectivity index (χ3v) is 5.56. The van der Waals surface area contributed by atoms with E-state index in [1.807, 2.05) is 34.6 Å². The average molecular weight is 410 g/mol. The number of imidazole rings is 1. The molecule has 0 aliphatic carbocycles. The van der Waals surface area contributed by atoms with Crippen molar-refractivity contribution in [2.24, 2.45) is 0 Å². The maximum absolute atomic E-state index is 13.9. The lowest BCUT2D eigenvalue weighted by molar-refractivity contribution is 0.131. The van der Waals surface area contributed by atoms with E-state index in [0.29, 0.717) is 31.0 Å². The SMILES string of the molecule is CCC(C)NC(=O)N1CCN(Cc2nc3cccnc3n2-c2cccc(F)c2)CC1. The monoisotopic (exact) mass is 410 g/mol. The number of nitrogens with one attached hydrogen (secondary N) is 1. The largest absolute Gasteiger partial charge is 0.336 e. The van der Waals surface area contributed by atoms with Crippen LogP contribution in [-0.2, 0) is 6.54 Å². The van der Waals surface area contributed by atoms with Crippen LogP contribution in [0.15, 0.2) is 42.6 Å². The standard InChI is InChI=1S/C22H27FN6O/c1-3-16(2)25-22(30)28-12-10-27(11-13-28)15-20-26-19-8-5-9-24-21(19)29(20)18-7-4-6-17(23)14-18/h4-9,14,16H,3,10-13,15H2,1-2H3,(H,25,30). The highest BCUT2D eigenvalue weighted by Crippen LogP contribution is 2.22. The Morgan fingerprint density at radius 3 is 2.73 bits per heavy atom. The molecule has 3 heterocycles. The van der Waals surface area contributed by atoms with E-state index in [0.717, 1.165) is 30.9 Å². The number of rotatable bonds is 5. The Morgan fingerprint density at radius 1 is 1.20 bits per heavy atom. The van der Waals surface area contributed by atoms with Gasteiger partial charge >= 0.3 is 6.03 Å². The highest BCUT2D eigenvalue weighted by atomic mass is 19.1. The van der Waals surface area contributed by atoms with Crippen LogP contribution >= 0.6 is 0 Å². The Balaban J connectivity index is 1.51. The minimum atomic E-state index is -0.294. The van der Waals surface area contributed by atoms with Crippen LogP contribution in [0.5, 0.6) is 0 Å². The maximum Gasteiger partial charge on any atom is 0.317 e. The second kappa shape index (κ2) is 8.79. The third-order valence-electron chi connectivity index (χ3n) is 5.56. The minimum absolute atomic E-state index is 0.000185. The highest BCUT2D eigenvalue weighted by molar-refractivity contribution is 5.75. The summed E-state index contributed by atoms with van der Waals surface area (Å²) in [5, 5.41) is 3.03.